The highest BCUT2D eigenvalue weighted by Crippen LogP contribution is 2.28. The summed E-state index contributed by atoms with van der Waals surface area (Å²) in [4.78, 5) is 14.7. The van der Waals surface area contributed by atoms with Crippen molar-refractivity contribution >= 4 is 5.91 Å². The van der Waals surface area contributed by atoms with Crippen LogP contribution < -0.4 is 0 Å². The van der Waals surface area contributed by atoms with E-state index in [-0.39, 0.29) is 12.1 Å². The van der Waals surface area contributed by atoms with Crippen molar-refractivity contribution < 1.29 is 9.53 Å². The largest absolute Gasteiger partial charge is 0.362 e. The Balaban J connectivity index is 2.22. The number of hydrogen-bond donors (Lipinski definition) is 0. The van der Waals surface area contributed by atoms with Gasteiger partial charge in [-0.05, 0) is 37.8 Å². The Kier molecular flexibility index (Phi) is 4.97. The van der Waals surface area contributed by atoms with Crippen LogP contribution in [0.4, 0.5) is 0 Å². The molecule has 104 valence electrons. The molecule has 19 heavy (non-hydrogen) atoms. The lowest BCUT2D eigenvalue weighted by molar-refractivity contribution is -0.0639. The molecule has 3 heteroatoms. The fourth-order valence-corrected chi connectivity index (χ4v) is 2.92. The van der Waals surface area contributed by atoms with Crippen molar-refractivity contribution in [1.29, 1.82) is 0 Å². The van der Waals surface area contributed by atoms with Crippen molar-refractivity contribution in [2.45, 2.75) is 51.3 Å². The molecule has 0 aromatic heterocycles. The molecule has 2 unspecified atom stereocenters. The number of rotatable bonds is 4. The average molecular weight is 261 g/mol. The van der Waals surface area contributed by atoms with E-state index in [1.807, 2.05) is 35.2 Å². The number of piperidine rings is 1. The van der Waals surface area contributed by atoms with Gasteiger partial charge in [0.2, 0.25) is 0 Å². The quantitative estimate of drug-likeness (QED) is 0.830. The molecule has 1 aromatic carbocycles. The van der Waals surface area contributed by atoms with Crippen LogP contribution in [0.5, 0.6) is 0 Å². The zero-order chi connectivity index (χ0) is 13.7. The van der Waals surface area contributed by atoms with Gasteiger partial charge in [0, 0.05) is 18.7 Å². The van der Waals surface area contributed by atoms with Gasteiger partial charge in [-0.3, -0.25) is 4.79 Å². The molecule has 1 heterocycles. The normalized spacial score (nSPS) is 23.4. The fraction of sp³-hybridized carbons (Fsp3) is 0.562. The molecule has 1 aromatic rings. The summed E-state index contributed by atoms with van der Waals surface area (Å²) in [6.07, 6.45) is 5.25. The Labute approximate surface area is 115 Å². The standard InChI is InChI=1S/C16H23NO2/c1-3-8-14-11-7-12-15(19-2)17(14)16(18)13-9-5-4-6-10-13/h4-6,9-10,14-15H,3,7-8,11-12H2,1-2H3. The first-order valence-corrected chi connectivity index (χ1v) is 7.18. The highest BCUT2D eigenvalue weighted by Gasteiger charge is 2.34. The van der Waals surface area contributed by atoms with E-state index in [0.29, 0.717) is 6.04 Å². The van der Waals surface area contributed by atoms with Gasteiger partial charge in [-0.2, -0.15) is 0 Å². The Hall–Kier alpha value is -1.35. The summed E-state index contributed by atoms with van der Waals surface area (Å²) in [7, 11) is 1.70. The van der Waals surface area contributed by atoms with E-state index < -0.39 is 0 Å². The molecule has 0 radical (unpaired) electrons. The first-order valence-electron chi connectivity index (χ1n) is 7.18. The lowest BCUT2D eigenvalue weighted by Gasteiger charge is -2.41. The van der Waals surface area contributed by atoms with Gasteiger partial charge in [0.15, 0.2) is 0 Å². The lowest BCUT2D eigenvalue weighted by atomic mass is 9.96. The van der Waals surface area contributed by atoms with Crippen molar-refractivity contribution in [2.24, 2.45) is 0 Å². The lowest BCUT2D eigenvalue weighted by Crippen LogP contribution is -2.50. The predicted octanol–water partition coefficient (Wildman–Crippen LogP) is 3.45. The van der Waals surface area contributed by atoms with Crippen molar-refractivity contribution in [1.82, 2.24) is 4.90 Å². The Bertz CT molecular complexity index is 402. The first kappa shape index (κ1) is 14.1. The van der Waals surface area contributed by atoms with Gasteiger partial charge in [-0.1, -0.05) is 31.5 Å². The number of ether oxygens (including phenoxy) is 1. The summed E-state index contributed by atoms with van der Waals surface area (Å²) in [6.45, 7) is 2.17. The number of amides is 1. The van der Waals surface area contributed by atoms with Gasteiger partial charge in [-0.25, -0.2) is 0 Å². The third-order valence-electron chi connectivity index (χ3n) is 3.84. The number of likely N-dealkylation sites (tertiary alicyclic amines) is 1. The number of benzene rings is 1. The molecule has 0 N–H and O–H groups in total. The van der Waals surface area contributed by atoms with E-state index in [1.54, 1.807) is 7.11 Å². The molecule has 1 fully saturated rings. The maximum atomic E-state index is 12.7. The van der Waals surface area contributed by atoms with E-state index in [9.17, 15) is 4.79 Å². The second kappa shape index (κ2) is 6.71. The van der Waals surface area contributed by atoms with Crippen LogP contribution in [0.1, 0.15) is 49.4 Å². The fourth-order valence-electron chi connectivity index (χ4n) is 2.92. The summed E-state index contributed by atoms with van der Waals surface area (Å²) >= 11 is 0. The molecule has 1 aliphatic rings. The van der Waals surface area contributed by atoms with Crippen LogP contribution in [0.15, 0.2) is 30.3 Å². The third-order valence-corrected chi connectivity index (χ3v) is 3.84. The van der Waals surface area contributed by atoms with Crippen LogP contribution in [0, 0.1) is 0 Å². The second-order valence-corrected chi connectivity index (χ2v) is 5.14. The summed E-state index contributed by atoms with van der Waals surface area (Å²) in [5.41, 5.74) is 0.757. The smallest absolute Gasteiger partial charge is 0.256 e. The number of nitrogens with zero attached hydrogens (tertiary/aromatic N) is 1. The molecule has 0 aliphatic carbocycles. The maximum Gasteiger partial charge on any atom is 0.256 e. The molecule has 1 aliphatic heterocycles. The number of carbonyl (C=O) groups is 1. The van der Waals surface area contributed by atoms with Crippen LogP contribution in [0.2, 0.25) is 0 Å². The van der Waals surface area contributed by atoms with Crippen molar-refractivity contribution in [3.05, 3.63) is 35.9 Å². The van der Waals surface area contributed by atoms with Crippen LogP contribution in [-0.4, -0.2) is 30.2 Å². The Morgan fingerprint density at radius 2 is 2.05 bits per heavy atom. The molecular formula is C16H23NO2. The zero-order valence-corrected chi connectivity index (χ0v) is 11.8. The van der Waals surface area contributed by atoms with E-state index in [4.69, 9.17) is 4.74 Å². The molecule has 0 bridgehead atoms. The highest BCUT2D eigenvalue weighted by molar-refractivity contribution is 5.94. The van der Waals surface area contributed by atoms with Crippen molar-refractivity contribution in [2.75, 3.05) is 7.11 Å². The molecule has 1 amide bonds. The minimum Gasteiger partial charge on any atom is -0.362 e. The van der Waals surface area contributed by atoms with Crippen LogP contribution in [-0.2, 0) is 4.74 Å². The molecule has 2 atom stereocenters. The van der Waals surface area contributed by atoms with E-state index in [1.165, 1.54) is 0 Å². The predicted molar refractivity (Wildman–Crippen MR) is 76.0 cm³/mol. The number of hydrogen-bond acceptors (Lipinski definition) is 2. The first-order chi connectivity index (χ1) is 9.27. The molecular weight excluding hydrogens is 238 g/mol. The van der Waals surface area contributed by atoms with Gasteiger partial charge < -0.3 is 9.64 Å². The van der Waals surface area contributed by atoms with E-state index >= 15 is 0 Å². The second-order valence-electron chi connectivity index (χ2n) is 5.14. The van der Waals surface area contributed by atoms with Gasteiger partial charge in [0.25, 0.3) is 5.91 Å². The minimum atomic E-state index is -0.0713. The van der Waals surface area contributed by atoms with Crippen LogP contribution in [0.3, 0.4) is 0 Å². The van der Waals surface area contributed by atoms with Crippen LogP contribution >= 0.6 is 0 Å². The van der Waals surface area contributed by atoms with Gasteiger partial charge in [0.05, 0.1) is 0 Å². The van der Waals surface area contributed by atoms with Crippen molar-refractivity contribution in [3.8, 4) is 0 Å². The van der Waals surface area contributed by atoms with E-state index in [2.05, 4.69) is 6.92 Å². The third kappa shape index (κ3) is 3.16. The molecule has 3 nitrogen and oxygen atoms in total. The summed E-state index contributed by atoms with van der Waals surface area (Å²) in [5.74, 6) is 0.102. The van der Waals surface area contributed by atoms with Crippen LogP contribution in [0.25, 0.3) is 0 Å². The Morgan fingerprint density at radius 1 is 1.32 bits per heavy atom. The van der Waals surface area contributed by atoms with Gasteiger partial charge >= 0.3 is 0 Å². The van der Waals surface area contributed by atoms with Gasteiger partial charge in [0.1, 0.15) is 6.23 Å². The number of carbonyl (C=O) groups excluding carboxylic acids is 1. The minimum absolute atomic E-state index is 0.0713. The monoisotopic (exact) mass is 261 g/mol. The average Bonchev–Trinajstić information content (AvgIpc) is 2.47. The topological polar surface area (TPSA) is 29.5 Å². The zero-order valence-electron chi connectivity index (χ0n) is 11.8. The van der Waals surface area contributed by atoms with Crippen molar-refractivity contribution in [3.63, 3.8) is 0 Å². The SMILES string of the molecule is CCCC1CCCC(OC)N1C(=O)c1ccccc1. The van der Waals surface area contributed by atoms with Gasteiger partial charge in [-0.15, -0.1) is 0 Å². The summed E-state index contributed by atoms with van der Waals surface area (Å²) < 4.78 is 5.53. The maximum absolute atomic E-state index is 12.7. The van der Waals surface area contributed by atoms with E-state index in [0.717, 1.165) is 37.7 Å². The Morgan fingerprint density at radius 3 is 2.68 bits per heavy atom. The molecule has 0 spiro atoms. The molecule has 0 saturated carbocycles. The molecule has 1 saturated heterocycles. The highest BCUT2D eigenvalue weighted by atomic mass is 16.5. The summed E-state index contributed by atoms with van der Waals surface area (Å²) in [6, 6.07) is 9.84. The molecule has 2 rings (SSSR count). The number of methoxy groups -OCH3 is 1. The summed E-state index contributed by atoms with van der Waals surface area (Å²) in [5, 5.41) is 0.